The van der Waals surface area contributed by atoms with E-state index >= 15 is 0 Å². The Morgan fingerprint density at radius 3 is 2.25 bits per heavy atom. The van der Waals surface area contributed by atoms with Gasteiger partial charge in [-0.1, -0.05) is 0 Å². The van der Waals surface area contributed by atoms with Crippen LogP contribution in [0.2, 0.25) is 0 Å². The average molecular weight is 215 g/mol. The van der Waals surface area contributed by atoms with Crippen LogP contribution >= 0.6 is 24.8 Å². The molecule has 2 heterocycles. The molecule has 3 nitrogen and oxygen atoms in total. The number of hydrogen-bond donors (Lipinski definition) is 2. The Morgan fingerprint density at radius 2 is 1.92 bits per heavy atom. The van der Waals surface area contributed by atoms with Crippen molar-refractivity contribution >= 4 is 24.8 Å². The number of rotatable bonds is 1. The molecule has 0 amide bonds. The number of aliphatic hydroxyl groups is 1. The highest BCUT2D eigenvalue weighted by Gasteiger charge is 2.29. The fraction of sp³-hybridized carbons (Fsp3) is 1.00. The van der Waals surface area contributed by atoms with E-state index in [1.54, 1.807) is 0 Å². The molecule has 0 aromatic heterocycles. The first kappa shape index (κ1) is 12.5. The zero-order valence-corrected chi connectivity index (χ0v) is 8.53. The van der Waals surface area contributed by atoms with Gasteiger partial charge in [0.2, 0.25) is 0 Å². The molecule has 0 aliphatic carbocycles. The second-order valence-electron chi connectivity index (χ2n) is 3.25. The van der Waals surface area contributed by atoms with Crippen LogP contribution in [0.3, 0.4) is 0 Å². The predicted molar refractivity (Wildman–Crippen MR) is 53.4 cm³/mol. The summed E-state index contributed by atoms with van der Waals surface area (Å²) in [7, 11) is 0. The highest BCUT2D eigenvalue weighted by molar-refractivity contribution is 5.85. The first-order valence-electron chi connectivity index (χ1n) is 3.99. The molecular weight excluding hydrogens is 199 g/mol. The molecule has 0 radical (unpaired) electrons. The van der Waals surface area contributed by atoms with Gasteiger partial charge < -0.3 is 10.4 Å². The quantitative estimate of drug-likeness (QED) is 0.639. The highest BCUT2D eigenvalue weighted by atomic mass is 35.5. The summed E-state index contributed by atoms with van der Waals surface area (Å²) in [6.07, 6.45) is 0.914. The van der Waals surface area contributed by atoms with Crippen molar-refractivity contribution in [1.82, 2.24) is 10.2 Å². The molecular formula is C7H16Cl2N2O. The first-order chi connectivity index (χ1) is 4.86. The Bertz CT molecular complexity index is 133. The van der Waals surface area contributed by atoms with E-state index in [2.05, 4.69) is 10.2 Å². The van der Waals surface area contributed by atoms with Crippen molar-refractivity contribution < 1.29 is 5.11 Å². The highest BCUT2D eigenvalue weighted by Crippen LogP contribution is 2.14. The molecule has 2 aliphatic heterocycles. The number of hydrogen-bond acceptors (Lipinski definition) is 3. The molecule has 0 bridgehead atoms. The second-order valence-corrected chi connectivity index (χ2v) is 3.25. The third-order valence-electron chi connectivity index (χ3n) is 2.47. The fourth-order valence-electron chi connectivity index (χ4n) is 1.63. The maximum atomic E-state index is 9.21. The summed E-state index contributed by atoms with van der Waals surface area (Å²) in [6.45, 7) is 4.22. The van der Waals surface area contributed by atoms with Crippen LogP contribution in [0.15, 0.2) is 0 Å². The van der Waals surface area contributed by atoms with Gasteiger partial charge in [0, 0.05) is 32.2 Å². The van der Waals surface area contributed by atoms with Crippen LogP contribution in [0.4, 0.5) is 0 Å². The SMILES string of the molecule is Cl.Cl.O[C@H]1CCN(C2CNC2)C1. The molecule has 1 atom stereocenters. The number of aliphatic hydroxyl groups excluding tert-OH is 1. The summed E-state index contributed by atoms with van der Waals surface area (Å²) >= 11 is 0. The first-order valence-corrected chi connectivity index (χ1v) is 3.99. The molecule has 2 rings (SSSR count). The van der Waals surface area contributed by atoms with Gasteiger partial charge in [-0.05, 0) is 6.42 Å². The largest absolute Gasteiger partial charge is 0.392 e. The molecule has 2 fully saturated rings. The summed E-state index contributed by atoms with van der Waals surface area (Å²) in [5, 5.41) is 12.4. The van der Waals surface area contributed by atoms with Crippen molar-refractivity contribution in [3.63, 3.8) is 0 Å². The third-order valence-corrected chi connectivity index (χ3v) is 2.47. The lowest BCUT2D eigenvalue weighted by molar-refractivity contribution is 0.136. The molecule has 0 aromatic carbocycles. The lowest BCUT2D eigenvalue weighted by Crippen LogP contribution is -2.56. The van der Waals surface area contributed by atoms with Crippen LogP contribution in [0.5, 0.6) is 0 Å². The van der Waals surface area contributed by atoms with Crippen LogP contribution in [0.25, 0.3) is 0 Å². The second kappa shape index (κ2) is 5.25. The molecule has 0 spiro atoms. The Labute approximate surface area is 85.3 Å². The van der Waals surface area contributed by atoms with Crippen LogP contribution in [0, 0.1) is 0 Å². The van der Waals surface area contributed by atoms with E-state index in [-0.39, 0.29) is 30.9 Å². The molecule has 0 aromatic rings. The van der Waals surface area contributed by atoms with Gasteiger partial charge in [0.1, 0.15) is 0 Å². The van der Waals surface area contributed by atoms with E-state index in [9.17, 15) is 5.11 Å². The van der Waals surface area contributed by atoms with Gasteiger partial charge in [-0.15, -0.1) is 24.8 Å². The normalized spacial score (nSPS) is 30.2. The molecule has 74 valence electrons. The minimum Gasteiger partial charge on any atom is -0.392 e. The van der Waals surface area contributed by atoms with E-state index < -0.39 is 0 Å². The summed E-state index contributed by atoms with van der Waals surface area (Å²) in [6, 6.07) is 0.720. The van der Waals surface area contributed by atoms with Crippen LogP contribution in [-0.4, -0.2) is 48.3 Å². The van der Waals surface area contributed by atoms with E-state index in [0.29, 0.717) is 0 Å². The Kier molecular flexibility index (Phi) is 5.45. The average Bonchev–Trinajstić information content (AvgIpc) is 2.10. The monoisotopic (exact) mass is 214 g/mol. The van der Waals surface area contributed by atoms with Crippen molar-refractivity contribution in [2.75, 3.05) is 26.2 Å². The van der Waals surface area contributed by atoms with Crippen molar-refractivity contribution in [2.24, 2.45) is 0 Å². The zero-order chi connectivity index (χ0) is 6.97. The van der Waals surface area contributed by atoms with Crippen molar-refractivity contribution in [1.29, 1.82) is 0 Å². The molecule has 0 saturated carbocycles. The topological polar surface area (TPSA) is 35.5 Å². The number of likely N-dealkylation sites (tertiary alicyclic amines) is 1. The molecule has 2 saturated heterocycles. The number of β-amino-alcohol motifs (C(OH)–C–C–N with tert-alkyl or cyclic N) is 1. The Morgan fingerprint density at radius 1 is 1.25 bits per heavy atom. The Balaban J connectivity index is 0.000000605. The smallest absolute Gasteiger partial charge is 0.0679 e. The molecule has 5 heteroatoms. The Hall–Kier alpha value is 0.460. The van der Waals surface area contributed by atoms with Gasteiger partial charge >= 0.3 is 0 Å². The van der Waals surface area contributed by atoms with E-state index in [1.807, 2.05) is 0 Å². The van der Waals surface area contributed by atoms with Crippen molar-refractivity contribution in [3.8, 4) is 0 Å². The van der Waals surface area contributed by atoms with Crippen molar-refractivity contribution in [3.05, 3.63) is 0 Å². The molecule has 12 heavy (non-hydrogen) atoms. The fourth-order valence-corrected chi connectivity index (χ4v) is 1.63. The van der Waals surface area contributed by atoms with E-state index in [0.717, 1.165) is 38.6 Å². The lowest BCUT2D eigenvalue weighted by atomic mass is 10.1. The minimum atomic E-state index is -0.0550. The van der Waals surface area contributed by atoms with Gasteiger partial charge in [0.25, 0.3) is 0 Å². The van der Waals surface area contributed by atoms with E-state index in [1.165, 1.54) is 0 Å². The minimum absolute atomic E-state index is 0. The van der Waals surface area contributed by atoms with Crippen LogP contribution in [0.1, 0.15) is 6.42 Å². The number of nitrogens with zero attached hydrogens (tertiary/aromatic N) is 1. The number of halogens is 2. The van der Waals surface area contributed by atoms with Crippen LogP contribution < -0.4 is 5.32 Å². The summed E-state index contributed by atoms with van der Waals surface area (Å²) in [5.41, 5.74) is 0. The van der Waals surface area contributed by atoms with Gasteiger partial charge in [0.15, 0.2) is 0 Å². The summed E-state index contributed by atoms with van der Waals surface area (Å²) in [5.74, 6) is 0. The molecule has 0 unspecified atom stereocenters. The standard InChI is InChI=1S/C7H14N2O.2ClH/c10-7-1-2-9(5-7)6-3-8-4-6;;/h6-8,10H,1-5H2;2*1H/t7-;;/m0../s1. The van der Waals surface area contributed by atoms with Gasteiger partial charge in [-0.2, -0.15) is 0 Å². The van der Waals surface area contributed by atoms with Crippen LogP contribution in [-0.2, 0) is 0 Å². The molecule has 2 aliphatic rings. The summed E-state index contributed by atoms with van der Waals surface area (Å²) in [4.78, 5) is 2.38. The van der Waals surface area contributed by atoms with E-state index in [4.69, 9.17) is 0 Å². The number of nitrogens with one attached hydrogen (secondary N) is 1. The third kappa shape index (κ3) is 2.47. The lowest BCUT2D eigenvalue weighted by Gasteiger charge is -2.35. The predicted octanol–water partition coefficient (Wildman–Crippen LogP) is -0.132. The maximum absolute atomic E-state index is 9.21. The maximum Gasteiger partial charge on any atom is 0.0679 e. The molecule has 2 N–H and O–H groups in total. The van der Waals surface area contributed by atoms with Gasteiger partial charge in [-0.3, -0.25) is 4.90 Å². The summed E-state index contributed by atoms with van der Waals surface area (Å²) < 4.78 is 0. The van der Waals surface area contributed by atoms with Gasteiger partial charge in [0.05, 0.1) is 6.10 Å². The van der Waals surface area contributed by atoms with Gasteiger partial charge in [-0.25, -0.2) is 0 Å². The van der Waals surface area contributed by atoms with Crippen molar-refractivity contribution in [2.45, 2.75) is 18.6 Å². The zero-order valence-electron chi connectivity index (χ0n) is 6.90.